The lowest BCUT2D eigenvalue weighted by Gasteiger charge is -2.62. The topological polar surface area (TPSA) is 57.2 Å². The number of aliphatic hydroxyl groups is 1. The van der Waals surface area contributed by atoms with E-state index in [-0.39, 0.29) is 41.0 Å². The minimum Gasteiger partial charge on any atom is -0.387 e. The Hall–Kier alpha value is -0.200. The van der Waals surface area contributed by atoms with Gasteiger partial charge in [0.1, 0.15) is 6.10 Å². The quantitative estimate of drug-likeness (QED) is 0.795. The van der Waals surface area contributed by atoms with E-state index in [1.165, 1.54) is 0 Å². The minimum atomic E-state index is -1.06. The third-order valence-corrected chi connectivity index (χ3v) is 7.39. The van der Waals surface area contributed by atoms with Gasteiger partial charge in [0.15, 0.2) is 12.1 Å². The van der Waals surface area contributed by atoms with Crippen LogP contribution in [0.25, 0.3) is 0 Å². The van der Waals surface area contributed by atoms with Crippen LogP contribution in [-0.2, 0) is 18.9 Å². The highest BCUT2D eigenvalue weighted by Crippen LogP contribution is 2.69. The Kier molecular flexibility index (Phi) is 3.40. The Morgan fingerprint density at radius 3 is 2.29 bits per heavy atom. The Labute approximate surface area is 145 Å². The van der Waals surface area contributed by atoms with Gasteiger partial charge in [0.05, 0.1) is 17.8 Å². The fourth-order valence-corrected chi connectivity index (χ4v) is 6.71. The molecule has 138 valence electrons. The molecule has 2 aliphatic carbocycles. The van der Waals surface area contributed by atoms with Crippen molar-refractivity contribution >= 4 is 0 Å². The van der Waals surface area contributed by atoms with E-state index in [0.29, 0.717) is 0 Å². The fourth-order valence-electron chi connectivity index (χ4n) is 6.71. The maximum Gasteiger partial charge on any atom is 0.163 e. The van der Waals surface area contributed by atoms with Gasteiger partial charge in [-0.2, -0.15) is 0 Å². The third-order valence-electron chi connectivity index (χ3n) is 7.39. The molecule has 2 saturated heterocycles. The average molecular weight is 340 g/mol. The molecule has 0 aromatic rings. The van der Waals surface area contributed by atoms with Gasteiger partial charge in [-0.05, 0) is 39.0 Å². The number of fused-ring (bicyclic) bond motifs is 2. The van der Waals surface area contributed by atoms with E-state index in [9.17, 15) is 5.11 Å². The molecular weight excluding hydrogens is 308 g/mol. The first-order valence-electron chi connectivity index (χ1n) is 9.21. The van der Waals surface area contributed by atoms with Gasteiger partial charge in [-0.15, -0.1) is 0 Å². The van der Waals surface area contributed by atoms with Gasteiger partial charge in [0, 0.05) is 24.4 Å². The Bertz CT molecular complexity index is 542. The lowest BCUT2D eigenvalue weighted by molar-refractivity contribution is -0.241. The van der Waals surface area contributed by atoms with Crippen molar-refractivity contribution in [2.45, 2.75) is 90.4 Å². The van der Waals surface area contributed by atoms with Crippen LogP contribution >= 0.6 is 0 Å². The monoisotopic (exact) mass is 340 g/mol. The second-order valence-corrected chi connectivity index (χ2v) is 9.82. The highest BCUT2D eigenvalue weighted by Gasteiger charge is 2.76. The molecule has 1 N–H and O–H groups in total. The van der Waals surface area contributed by atoms with Crippen molar-refractivity contribution in [3.05, 3.63) is 0 Å². The van der Waals surface area contributed by atoms with Crippen LogP contribution in [0.2, 0.25) is 0 Å². The van der Waals surface area contributed by atoms with Gasteiger partial charge in [-0.25, -0.2) is 0 Å². The summed E-state index contributed by atoms with van der Waals surface area (Å²) < 4.78 is 24.6. The number of hydrogen-bond acceptors (Lipinski definition) is 5. The molecule has 2 saturated carbocycles. The molecule has 0 unspecified atom stereocenters. The van der Waals surface area contributed by atoms with Gasteiger partial charge < -0.3 is 24.1 Å². The predicted molar refractivity (Wildman–Crippen MR) is 88.2 cm³/mol. The fraction of sp³-hybridized carbons (Fsp3) is 1.00. The molecule has 0 aromatic carbocycles. The first-order chi connectivity index (χ1) is 10.9. The van der Waals surface area contributed by atoms with Gasteiger partial charge >= 0.3 is 0 Å². The van der Waals surface area contributed by atoms with E-state index in [4.69, 9.17) is 18.9 Å². The summed E-state index contributed by atoms with van der Waals surface area (Å²) in [6.45, 7) is 12.7. The van der Waals surface area contributed by atoms with Crippen LogP contribution in [0, 0.1) is 22.7 Å². The summed E-state index contributed by atoms with van der Waals surface area (Å²) in [5, 5.41) is 11.6. The van der Waals surface area contributed by atoms with Gasteiger partial charge in [0.2, 0.25) is 0 Å². The van der Waals surface area contributed by atoms with Crippen molar-refractivity contribution in [1.82, 2.24) is 0 Å². The van der Waals surface area contributed by atoms with Crippen molar-refractivity contribution < 1.29 is 24.1 Å². The van der Waals surface area contributed by atoms with Gasteiger partial charge in [-0.3, -0.25) is 0 Å². The summed E-state index contributed by atoms with van der Waals surface area (Å²) in [5.41, 5.74) is -1.16. The van der Waals surface area contributed by atoms with Crippen LogP contribution in [0.5, 0.6) is 0 Å². The Balaban J connectivity index is 1.89. The van der Waals surface area contributed by atoms with E-state index in [1.807, 2.05) is 20.8 Å². The molecule has 5 heteroatoms. The lowest BCUT2D eigenvalue weighted by atomic mass is 9.44. The zero-order valence-corrected chi connectivity index (χ0v) is 16.0. The van der Waals surface area contributed by atoms with Crippen LogP contribution < -0.4 is 0 Å². The molecule has 0 amide bonds. The molecule has 24 heavy (non-hydrogen) atoms. The molecule has 0 radical (unpaired) electrons. The highest BCUT2D eigenvalue weighted by atomic mass is 16.8. The molecule has 4 rings (SSSR count). The van der Waals surface area contributed by atoms with Crippen LogP contribution in [0.4, 0.5) is 0 Å². The highest BCUT2D eigenvalue weighted by molar-refractivity contribution is 5.21. The van der Waals surface area contributed by atoms with Crippen molar-refractivity contribution in [2.75, 3.05) is 7.11 Å². The summed E-state index contributed by atoms with van der Waals surface area (Å²) in [4.78, 5) is 0. The third kappa shape index (κ3) is 1.94. The molecule has 4 aliphatic rings. The number of methoxy groups -OCH3 is 1. The largest absolute Gasteiger partial charge is 0.387 e. The first kappa shape index (κ1) is 17.2. The average Bonchev–Trinajstić information content (AvgIpc) is 2.91. The van der Waals surface area contributed by atoms with E-state index in [1.54, 1.807) is 7.11 Å². The molecule has 4 fully saturated rings. The normalized spacial score (nSPS) is 57.5. The summed E-state index contributed by atoms with van der Waals surface area (Å²) in [6.07, 6.45) is 1.26. The van der Waals surface area contributed by atoms with Crippen LogP contribution in [0.1, 0.15) is 54.4 Å². The van der Waals surface area contributed by atoms with Crippen LogP contribution in [0.15, 0.2) is 0 Å². The zero-order chi connectivity index (χ0) is 17.7. The van der Waals surface area contributed by atoms with Crippen molar-refractivity contribution in [3.8, 4) is 0 Å². The first-order valence-corrected chi connectivity index (χ1v) is 9.21. The maximum absolute atomic E-state index is 11.6. The second kappa shape index (κ2) is 4.74. The molecule has 2 aliphatic heterocycles. The molecule has 0 spiro atoms. The number of ether oxygens (including phenoxy) is 4. The summed E-state index contributed by atoms with van der Waals surface area (Å²) in [7, 11) is 1.67. The van der Waals surface area contributed by atoms with E-state index >= 15 is 0 Å². The molecule has 8 atom stereocenters. The zero-order valence-electron chi connectivity index (χ0n) is 16.0. The van der Waals surface area contributed by atoms with Crippen LogP contribution in [-0.4, -0.2) is 48.2 Å². The molecule has 0 bridgehead atoms. The van der Waals surface area contributed by atoms with Crippen LogP contribution in [0.3, 0.4) is 0 Å². The maximum atomic E-state index is 11.6. The lowest BCUT2D eigenvalue weighted by Crippen LogP contribution is -2.70. The van der Waals surface area contributed by atoms with Crippen molar-refractivity contribution in [1.29, 1.82) is 0 Å². The van der Waals surface area contributed by atoms with Crippen molar-refractivity contribution in [3.63, 3.8) is 0 Å². The standard InChI is InChI=1S/C19H32O5/c1-16(2)9-8-10-18(5)12(16)11-14(24-17(3,4)23-11)19(6,20)13(18)15(21-7)22-10/h10-15,20H,8-9H2,1-7H3/t10-,11+,12-,13-,14+,15+,18-,19-/m0/s1. The Morgan fingerprint density at radius 2 is 1.67 bits per heavy atom. The Morgan fingerprint density at radius 1 is 1.00 bits per heavy atom. The minimum absolute atomic E-state index is 0.0882. The van der Waals surface area contributed by atoms with E-state index in [0.717, 1.165) is 12.8 Å². The summed E-state index contributed by atoms with van der Waals surface area (Å²) in [5.74, 6) is -0.565. The van der Waals surface area contributed by atoms with Gasteiger partial charge in [-0.1, -0.05) is 20.8 Å². The number of hydrogen-bond donors (Lipinski definition) is 1. The van der Waals surface area contributed by atoms with Gasteiger partial charge in [0.25, 0.3) is 0 Å². The molecule has 2 heterocycles. The van der Waals surface area contributed by atoms with E-state index < -0.39 is 17.7 Å². The summed E-state index contributed by atoms with van der Waals surface area (Å²) in [6, 6.07) is 0. The predicted octanol–water partition coefficient (Wildman–Crippen LogP) is 2.70. The molecular formula is C19H32O5. The summed E-state index contributed by atoms with van der Waals surface area (Å²) >= 11 is 0. The smallest absolute Gasteiger partial charge is 0.163 e. The SMILES string of the molecule is CO[C@@H]1O[C@H]2CCC(C)(C)[C@@H]3[C@H]4OC(C)(C)O[C@H]4[C@@](C)(O)[C@@H]1[C@@]23C. The second-order valence-electron chi connectivity index (χ2n) is 9.82. The molecule has 0 aromatic heterocycles. The number of rotatable bonds is 1. The molecule has 5 nitrogen and oxygen atoms in total. The van der Waals surface area contributed by atoms with E-state index in [2.05, 4.69) is 20.8 Å². The van der Waals surface area contributed by atoms with Crippen molar-refractivity contribution in [2.24, 2.45) is 22.7 Å².